The molecule has 1 aromatic heterocycles. The molecule has 0 bridgehead atoms. The Bertz CT molecular complexity index is 2200. The molecule has 366 valence electrons. The second kappa shape index (κ2) is 17.7. The number of hydrogen-bond donors (Lipinski definition) is 8. The fraction of sp³-hybridized carbons (Fsp3) is 0.764. The number of aliphatic hydroxyl groups excluding tert-OH is 3. The Kier molecular flexibility index (Phi) is 12.5. The first-order chi connectivity index (χ1) is 32.0. The number of nitrogens with two attached hydrogens (primary N) is 2. The van der Waals surface area contributed by atoms with Gasteiger partial charge in [0.15, 0.2) is 11.7 Å². The normalized spacial score (nSPS) is 47.6. The summed E-state index contributed by atoms with van der Waals surface area (Å²) in [6.07, 6.45) is 16.7. The van der Waals surface area contributed by atoms with Crippen LogP contribution in [0.15, 0.2) is 46.8 Å². The van der Waals surface area contributed by atoms with Gasteiger partial charge in [-0.15, -0.1) is 5.92 Å². The minimum atomic E-state index is -1.69. The molecule has 0 spiro atoms. The van der Waals surface area contributed by atoms with E-state index in [1.807, 2.05) is 18.5 Å². The van der Waals surface area contributed by atoms with Crippen molar-refractivity contribution in [3.05, 3.63) is 47.3 Å². The first-order valence-electron chi connectivity index (χ1n) is 26.3. The van der Waals surface area contributed by atoms with Crippen LogP contribution in [0.3, 0.4) is 0 Å². The number of carbonyl (C=O) groups excluding carboxylic acids is 2. The van der Waals surface area contributed by atoms with E-state index in [1.165, 1.54) is 6.42 Å². The lowest BCUT2D eigenvalue weighted by atomic mass is 9.41. The summed E-state index contributed by atoms with van der Waals surface area (Å²) in [6.45, 7) is 6.85. The number of allylic oxidation sites excluding steroid dienone is 3. The highest BCUT2D eigenvalue weighted by molar-refractivity contribution is 5.95. The van der Waals surface area contributed by atoms with Crippen LogP contribution in [0.5, 0.6) is 0 Å². The molecule has 5 saturated carbocycles. The Morgan fingerprint density at radius 1 is 0.955 bits per heavy atom. The Morgan fingerprint density at radius 2 is 1.75 bits per heavy atom. The van der Waals surface area contributed by atoms with Gasteiger partial charge in [0, 0.05) is 54.4 Å². The lowest BCUT2D eigenvalue weighted by molar-refractivity contribution is -0.195. The van der Waals surface area contributed by atoms with Gasteiger partial charge in [0.05, 0.1) is 42.0 Å². The molecule has 0 amide bonds. The van der Waals surface area contributed by atoms with E-state index in [4.69, 9.17) is 16.2 Å². The minimum Gasteiger partial charge on any atom is -0.465 e. The number of ether oxygens (including phenoxy) is 1. The van der Waals surface area contributed by atoms with E-state index in [-0.39, 0.29) is 85.1 Å². The molecule has 12 heteroatoms. The number of fused-ring (bicyclic) bond motifs is 10. The second-order valence-electron chi connectivity index (χ2n) is 23.9. The maximum Gasteiger partial charge on any atom is 0.313 e. The van der Waals surface area contributed by atoms with Gasteiger partial charge in [-0.3, -0.25) is 14.6 Å². The van der Waals surface area contributed by atoms with E-state index in [0.717, 1.165) is 56.9 Å². The largest absolute Gasteiger partial charge is 0.465 e. The number of aliphatic imine (C=N–C) groups is 1. The van der Waals surface area contributed by atoms with Crippen LogP contribution in [0.25, 0.3) is 0 Å². The molecular formula is C55H78N4O8. The first-order valence-corrected chi connectivity index (χ1v) is 26.3. The monoisotopic (exact) mass is 923 g/mol. The molecule has 8 aliphatic carbocycles. The molecule has 19 atom stereocenters. The van der Waals surface area contributed by atoms with Gasteiger partial charge in [-0.2, -0.15) is 0 Å². The van der Waals surface area contributed by atoms with Gasteiger partial charge < -0.3 is 46.7 Å². The topological polar surface area (TPSA) is 225 Å². The molecule has 10 rings (SSSR count). The zero-order valence-corrected chi connectivity index (χ0v) is 40.1. The highest BCUT2D eigenvalue weighted by atomic mass is 16.5. The molecule has 0 radical (unpaired) electrons. The Labute approximate surface area is 397 Å². The van der Waals surface area contributed by atoms with E-state index >= 15 is 0 Å². The van der Waals surface area contributed by atoms with Gasteiger partial charge in [0.1, 0.15) is 0 Å². The van der Waals surface area contributed by atoms with E-state index in [9.17, 15) is 35.1 Å². The van der Waals surface area contributed by atoms with E-state index < -0.39 is 64.0 Å². The van der Waals surface area contributed by atoms with Gasteiger partial charge in [-0.25, -0.2) is 0 Å². The summed E-state index contributed by atoms with van der Waals surface area (Å²) in [6, 6.07) is 1.97. The van der Waals surface area contributed by atoms with Crippen LogP contribution in [-0.2, 0) is 14.3 Å². The van der Waals surface area contributed by atoms with Gasteiger partial charge >= 0.3 is 5.97 Å². The predicted octanol–water partition coefficient (Wildman–Crippen LogP) is 6.07. The number of nitrogens with zero attached hydrogens (tertiary/aromatic N) is 1. The molecule has 12 nitrogen and oxygen atoms in total. The van der Waals surface area contributed by atoms with Crippen molar-refractivity contribution in [3.8, 4) is 11.8 Å². The maximum atomic E-state index is 14.8. The third-order valence-corrected chi connectivity index (χ3v) is 20.8. The molecule has 6 fully saturated rings. The zero-order valence-electron chi connectivity index (χ0n) is 40.1. The minimum absolute atomic E-state index is 0.0276. The van der Waals surface area contributed by atoms with Crippen molar-refractivity contribution in [3.63, 3.8) is 0 Å². The van der Waals surface area contributed by atoms with Crippen LogP contribution in [0, 0.1) is 93.7 Å². The summed E-state index contributed by atoms with van der Waals surface area (Å²) in [5, 5.41) is 62.9. The summed E-state index contributed by atoms with van der Waals surface area (Å²) in [5.74, 6) is 6.25. The average Bonchev–Trinajstić information content (AvgIpc) is 4.11. The van der Waals surface area contributed by atoms with Crippen molar-refractivity contribution in [2.45, 2.75) is 165 Å². The summed E-state index contributed by atoms with van der Waals surface area (Å²) < 4.78 is 5.92. The molecule has 67 heavy (non-hydrogen) atoms. The number of rotatable bonds is 6. The van der Waals surface area contributed by atoms with Crippen molar-refractivity contribution >= 4 is 17.7 Å². The molecular weight excluding hydrogens is 845 g/mol. The summed E-state index contributed by atoms with van der Waals surface area (Å²) >= 11 is 0. The van der Waals surface area contributed by atoms with Crippen LogP contribution in [0.1, 0.15) is 141 Å². The second-order valence-corrected chi connectivity index (χ2v) is 23.9. The third-order valence-electron chi connectivity index (χ3n) is 20.8. The quantitative estimate of drug-likeness (QED) is 0.0541. The summed E-state index contributed by atoms with van der Waals surface area (Å²) in [5.41, 5.74) is 10.1. The average molecular weight is 923 g/mol. The van der Waals surface area contributed by atoms with Gasteiger partial charge in [-0.05, 0) is 173 Å². The molecule has 19 unspecified atom stereocenters. The number of cyclic esters (lactones) is 1. The van der Waals surface area contributed by atoms with Crippen molar-refractivity contribution in [1.82, 2.24) is 4.98 Å². The van der Waals surface area contributed by atoms with Crippen LogP contribution in [0.2, 0.25) is 0 Å². The Morgan fingerprint density at radius 3 is 2.49 bits per heavy atom. The highest BCUT2D eigenvalue weighted by Crippen LogP contribution is 2.73. The summed E-state index contributed by atoms with van der Waals surface area (Å²) in [4.78, 5) is 36.1. The van der Waals surface area contributed by atoms with Gasteiger partial charge in [-0.1, -0.05) is 44.3 Å². The number of carbonyl (C=O) groups is 2. The number of H-pyrrole nitrogens is 1. The van der Waals surface area contributed by atoms with Crippen molar-refractivity contribution in [2.75, 3.05) is 13.2 Å². The molecule has 1 saturated heterocycles. The molecule has 1 aromatic rings. The lowest BCUT2D eigenvalue weighted by Crippen LogP contribution is -2.65. The Hall–Kier alpha value is -3.47. The molecule has 0 aromatic carbocycles. The molecule has 2 heterocycles. The number of aromatic nitrogens is 1. The lowest BCUT2D eigenvalue weighted by Gasteiger charge is -2.64. The first kappa shape index (κ1) is 47.2. The zero-order chi connectivity index (χ0) is 47.2. The van der Waals surface area contributed by atoms with Crippen LogP contribution >= 0.6 is 0 Å². The van der Waals surface area contributed by atoms with Crippen molar-refractivity contribution in [2.24, 2.45) is 98.3 Å². The van der Waals surface area contributed by atoms with E-state index in [0.29, 0.717) is 55.9 Å². The van der Waals surface area contributed by atoms with E-state index in [2.05, 4.69) is 41.7 Å². The number of aromatic amines is 1. The highest BCUT2D eigenvalue weighted by Gasteiger charge is 2.74. The van der Waals surface area contributed by atoms with Gasteiger partial charge in [0.25, 0.3) is 0 Å². The number of hydrogen-bond acceptors (Lipinski definition) is 9. The van der Waals surface area contributed by atoms with Crippen LogP contribution < -0.4 is 11.5 Å². The number of nitrogens with one attached hydrogen (secondary N) is 1. The fourth-order valence-electron chi connectivity index (χ4n) is 17.9. The molecule has 1 aliphatic heterocycles. The molecule has 9 aliphatic rings. The Balaban J connectivity index is 1.11. The van der Waals surface area contributed by atoms with Crippen molar-refractivity contribution in [1.29, 1.82) is 0 Å². The summed E-state index contributed by atoms with van der Waals surface area (Å²) in [7, 11) is 0. The maximum absolute atomic E-state index is 14.8. The standard InChI is InChI=1S/C55H78N4O8/c1-30-11-12-32-13-14-37-31(2)22-47(63)52(3,65)49-34(8-6-7-33(23-39(37)38(32)21-30)40-29-67-50(64)48(40)35-16-19-58-28-35)26-55(66)42-24-44(60)43-25-45(61)46(62)27-54(43,36-9-4-5-10-36)41(42)15-17-53(49,55)18-20-59-51(56)57/h13,16,19,24,28,30-31,33-34,36-41,43,45-49,58,61-63,65-66H,4-5,8-12,14-15,17-18,20-23,25-27,29H2,1-3H3,(H4,56,57,59). The smallest absolute Gasteiger partial charge is 0.313 e. The fourth-order valence-corrected chi connectivity index (χ4v) is 17.9. The SMILES string of the molecule is CC1CCC2=CCC3C(C)CC(O)C(C)(O)C4C(CC#CC(C5COC(=O)C5c5cc[nH]c5)CC3C2C1)CC1(O)C2=CC(=O)C3CC(O)C(O)CC3(C3CCCC3)C2CCC41CCN=C(N)N. The number of ketones is 1. The number of esters is 1. The predicted molar refractivity (Wildman–Crippen MR) is 254 cm³/mol. The van der Waals surface area contributed by atoms with Crippen molar-refractivity contribution < 1.29 is 39.9 Å². The number of aliphatic hydroxyl groups is 5. The van der Waals surface area contributed by atoms with Crippen LogP contribution in [-0.4, -0.2) is 90.9 Å². The van der Waals surface area contributed by atoms with E-state index in [1.54, 1.807) is 18.6 Å². The number of guanidine groups is 1. The van der Waals surface area contributed by atoms with Crippen LogP contribution in [0.4, 0.5) is 0 Å². The third kappa shape index (κ3) is 7.61. The molecule has 10 N–H and O–H groups in total. The van der Waals surface area contributed by atoms with Gasteiger partial charge in [0.2, 0.25) is 0 Å².